The minimum atomic E-state index is -1.02. The number of benzene rings is 2. The van der Waals surface area contributed by atoms with Crippen molar-refractivity contribution in [3.63, 3.8) is 0 Å². The van der Waals surface area contributed by atoms with Gasteiger partial charge < -0.3 is 5.11 Å². The van der Waals surface area contributed by atoms with E-state index in [9.17, 15) is 18.8 Å². The van der Waals surface area contributed by atoms with E-state index in [4.69, 9.17) is 5.11 Å². The number of rotatable bonds is 6. The van der Waals surface area contributed by atoms with Gasteiger partial charge in [0.25, 0.3) is 0 Å². The van der Waals surface area contributed by atoms with Crippen molar-refractivity contribution in [2.24, 2.45) is 5.41 Å². The van der Waals surface area contributed by atoms with E-state index in [1.54, 1.807) is 13.8 Å². The molecule has 0 saturated carbocycles. The molecule has 4 nitrogen and oxygen atoms in total. The Hall–Kier alpha value is -3.10. The van der Waals surface area contributed by atoms with E-state index in [0.29, 0.717) is 6.42 Å². The summed E-state index contributed by atoms with van der Waals surface area (Å²) in [6.45, 7) is 18.9. The summed E-state index contributed by atoms with van der Waals surface area (Å²) in [5.41, 5.74) is 2.95. The van der Waals surface area contributed by atoms with Crippen LogP contribution in [-0.2, 0) is 16.0 Å². The fraction of sp³-hybridized carbons (Fsp3) is 0.485. The molecule has 0 bridgehead atoms. The highest BCUT2D eigenvalue weighted by Crippen LogP contribution is 2.16. The predicted molar refractivity (Wildman–Crippen MR) is 158 cm³/mol. The van der Waals surface area contributed by atoms with Gasteiger partial charge in [0.05, 0.1) is 11.6 Å². The average Bonchev–Trinajstić information content (AvgIpc) is 2.94. The Kier molecular flexibility index (Phi) is 23.9. The van der Waals surface area contributed by atoms with Crippen molar-refractivity contribution < 1.29 is 23.9 Å². The second-order valence-corrected chi connectivity index (χ2v) is 8.39. The minimum absolute atomic E-state index is 0.0784. The number of aliphatic hydroxyl groups is 1. The Morgan fingerprint density at radius 2 is 1.21 bits per heavy atom. The van der Waals surface area contributed by atoms with Crippen LogP contribution in [0.15, 0.2) is 48.5 Å². The number of carbonyl (C=O) groups excluding carboxylic acids is 3. The highest BCUT2D eigenvalue weighted by Gasteiger charge is 2.31. The molecule has 0 aliphatic carbocycles. The van der Waals surface area contributed by atoms with Crippen LogP contribution >= 0.6 is 0 Å². The van der Waals surface area contributed by atoms with Gasteiger partial charge in [-0.25, -0.2) is 4.39 Å². The largest absolute Gasteiger partial charge is 0.389 e. The van der Waals surface area contributed by atoms with Crippen LogP contribution in [0.25, 0.3) is 0 Å². The van der Waals surface area contributed by atoms with Crippen LogP contribution in [0.5, 0.6) is 0 Å². The molecule has 38 heavy (non-hydrogen) atoms. The number of aryl methyl sites for hydroxylation is 1. The molecule has 0 aromatic heterocycles. The molecule has 2 aromatic carbocycles. The summed E-state index contributed by atoms with van der Waals surface area (Å²) in [6, 6.07) is 15.7. The van der Waals surface area contributed by atoms with Crippen molar-refractivity contribution in [1.82, 2.24) is 0 Å². The van der Waals surface area contributed by atoms with E-state index in [1.165, 1.54) is 26.3 Å². The van der Waals surface area contributed by atoms with Crippen LogP contribution in [0, 0.1) is 17.3 Å². The number of alkyl halides is 1. The second-order valence-electron chi connectivity index (χ2n) is 8.39. The third-order valence-corrected chi connectivity index (χ3v) is 5.29. The molecule has 0 fully saturated rings. The lowest BCUT2D eigenvalue weighted by Crippen LogP contribution is -2.33. The number of aliphatic hydroxyl groups excluding tert-OH is 1. The third kappa shape index (κ3) is 17.4. The van der Waals surface area contributed by atoms with Crippen LogP contribution in [0.3, 0.4) is 0 Å². The van der Waals surface area contributed by atoms with Crippen LogP contribution in [0.2, 0.25) is 0 Å². The first kappa shape index (κ1) is 39.4. The Bertz CT molecular complexity index is 976. The number of hydrogen-bond donors (Lipinski definition) is 1. The fourth-order valence-corrected chi connectivity index (χ4v) is 2.15. The summed E-state index contributed by atoms with van der Waals surface area (Å²) in [5, 5.41) is 8.42. The minimum Gasteiger partial charge on any atom is -0.389 e. The number of Topliss-reactive ketones (excluding diaryl/α,β-unsaturated/α-hetero) is 3. The van der Waals surface area contributed by atoms with E-state index in [2.05, 4.69) is 30.9 Å². The quantitative estimate of drug-likeness (QED) is 0.236. The first-order valence-electron chi connectivity index (χ1n) is 13.4. The maximum atomic E-state index is 11.4. The Labute approximate surface area is 231 Å². The summed E-state index contributed by atoms with van der Waals surface area (Å²) in [6.07, 6.45) is 1.07. The lowest BCUT2D eigenvalue weighted by atomic mass is 9.84. The van der Waals surface area contributed by atoms with E-state index < -0.39 is 24.0 Å². The molecule has 0 heterocycles. The van der Waals surface area contributed by atoms with Gasteiger partial charge in [-0.15, -0.1) is 0 Å². The molecule has 0 radical (unpaired) electrons. The van der Waals surface area contributed by atoms with Gasteiger partial charge in [0.15, 0.2) is 11.6 Å². The average molecular weight is 529 g/mol. The molecule has 1 N–H and O–H groups in total. The highest BCUT2D eigenvalue weighted by molar-refractivity contribution is 6.05. The van der Waals surface area contributed by atoms with Gasteiger partial charge in [0.1, 0.15) is 12.4 Å². The molecular formula is C33H49FO4. The molecule has 1 atom stereocenters. The summed E-state index contributed by atoms with van der Waals surface area (Å²) < 4.78 is 11.4. The van der Waals surface area contributed by atoms with E-state index in [1.807, 2.05) is 71.0 Å². The zero-order chi connectivity index (χ0) is 30.3. The number of carbonyl (C=O) groups is 3. The molecule has 2 aromatic rings. The third-order valence-electron chi connectivity index (χ3n) is 5.29. The molecule has 0 aliphatic rings. The molecule has 1 unspecified atom stereocenters. The Morgan fingerprint density at radius 1 is 0.842 bits per heavy atom. The van der Waals surface area contributed by atoms with Crippen molar-refractivity contribution in [3.8, 4) is 11.8 Å². The molecule has 212 valence electrons. The van der Waals surface area contributed by atoms with Crippen molar-refractivity contribution >= 4 is 17.3 Å². The van der Waals surface area contributed by atoms with E-state index >= 15 is 0 Å². The van der Waals surface area contributed by atoms with Crippen molar-refractivity contribution in [3.05, 3.63) is 70.8 Å². The lowest BCUT2D eigenvalue weighted by Gasteiger charge is -2.17. The molecule has 0 amide bonds. The molecule has 0 aliphatic heterocycles. The summed E-state index contributed by atoms with van der Waals surface area (Å²) in [7, 11) is 0. The zero-order valence-corrected chi connectivity index (χ0v) is 25.4. The maximum Gasteiger partial charge on any atom is 0.171 e. The van der Waals surface area contributed by atoms with Crippen LogP contribution in [0.1, 0.15) is 110 Å². The van der Waals surface area contributed by atoms with Crippen LogP contribution < -0.4 is 0 Å². The number of halogens is 1. The van der Waals surface area contributed by atoms with Crippen molar-refractivity contribution in [2.75, 3.05) is 6.61 Å². The van der Waals surface area contributed by atoms with Gasteiger partial charge in [-0.05, 0) is 77.3 Å². The second kappa shape index (κ2) is 23.0. The van der Waals surface area contributed by atoms with Gasteiger partial charge in [-0.3, -0.25) is 14.4 Å². The number of ketones is 3. The summed E-state index contributed by atoms with van der Waals surface area (Å²) in [5.74, 6) is 5.66. The molecule has 2 rings (SSSR count). The van der Waals surface area contributed by atoms with Crippen molar-refractivity contribution in [2.45, 2.75) is 95.2 Å². The SMILES string of the molecule is CC.CC.CC(=O)C(C)(C)C(=O)CO.CCC(C)F.CCc1ccc(C#Cc2ccc(C(C)=O)cc2)cc1. The van der Waals surface area contributed by atoms with Crippen LogP contribution in [-0.4, -0.2) is 35.2 Å². The van der Waals surface area contributed by atoms with Gasteiger partial charge in [-0.2, -0.15) is 0 Å². The van der Waals surface area contributed by atoms with Crippen molar-refractivity contribution in [1.29, 1.82) is 0 Å². The molecule has 0 spiro atoms. The standard InChI is InChI=1S/C18H16O.C7H12O3.C4H9F.2C2H6/c1-3-15-4-6-16(7-5-15)8-9-17-10-12-18(13-11-17)14(2)19;1-5(9)7(2,3)6(10)4-8;1-3-4(2)5;2*1-2/h4-7,10-13H,3H2,1-2H3;8H,4H2,1-3H3;4H,3H2,1-2H3;2*1-2H3. The number of hydrogen-bond acceptors (Lipinski definition) is 4. The topological polar surface area (TPSA) is 71.4 Å². The summed E-state index contributed by atoms with van der Waals surface area (Å²) in [4.78, 5) is 32.7. The van der Waals surface area contributed by atoms with Gasteiger partial charge in [0, 0.05) is 16.7 Å². The summed E-state index contributed by atoms with van der Waals surface area (Å²) >= 11 is 0. The monoisotopic (exact) mass is 528 g/mol. The smallest absolute Gasteiger partial charge is 0.171 e. The molecule has 0 saturated heterocycles. The van der Waals surface area contributed by atoms with Gasteiger partial charge in [-0.1, -0.05) is 77.6 Å². The normalized spacial score (nSPS) is 10.0. The highest BCUT2D eigenvalue weighted by atomic mass is 19.1. The molecular weight excluding hydrogens is 479 g/mol. The fourth-order valence-electron chi connectivity index (χ4n) is 2.15. The lowest BCUT2D eigenvalue weighted by molar-refractivity contribution is -0.139. The predicted octanol–water partition coefficient (Wildman–Crippen LogP) is 7.82. The van der Waals surface area contributed by atoms with Crippen LogP contribution in [0.4, 0.5) is 4.39 Å². The van der Waals surface area contributed by atoms with E-state index in [0.717, 1.165) is 23.1 Å². The molecule has 5 heteroatoms. The first-order chi connectivity index (χ1) is 17.9. The first-order valence-corrected chi connectivity index (χ1v) is 13.4. The zero-order valence-electron chi connectivity index (χ0n) is 25.4. The Morgan fingerprint density at radius 3 is 1.45 bits per heavy atom. The maximum absolute atomic E-state index is 11.4. The van der Waals surface area contributed by atoms with Gasteiger partial charge >= 0.3 is 0 Å². The van der Waals surface area contributed by atoms with E-state index in [-0.39, 0.29) is 11.6 Å². The van der Waals surface area contributed by atoms with Gasteiger partial charge in [0.2, 0.25) is 0 Å². The Balaban J connectivity index is -0.000000543.